The average Bonchev–Trinajstić information content (AvgIpc) is 2.30. The first-order valence-electron chi connectivity index (χ1n) is 5.99. The molecule has 0 heterocycles. The highest BCUT2D eigenvalue weighted by Crippen LogP contribution is 2.24. The number of nitrogens with one attached hydrogen (secondary N) is 1. The van der Waals surface area contributed by atoms with Gasteiger partial charge in [0.25, 0.3) is 0 Å². The van der Waals surface area contributed by atoms with Crippen LogP contribution in [0.3, 0.4) is 0 Å². The first-order valence-corrected chi connectivity index (χ1v) is 5.99. The highest BCUT2D eigenvalue weighted by atomic mass is 16.5. The van der Waals surface area contributed by atoms with E-state index < -0.39 is 11.5 Å². The van der Waals surface area contributed by atoms with E-state index in [1.807, 2.05) is 45.0 Å². The van der Waals surface area contributed by atoms with Gasteiger partial charge in [-0.1, -0.05) is 31.5 Å². The van der Waals surface area contributed by atoms with Crippen LogP contribution in [0.25, 0.3) is 0 Å². The lowest BCUT2D eigenvalue weighted by atomic mass is 9.86. The van der Waals surface area contributed by atoms with Crippen molar-refractivity contribution in [2.45, 2.75) is 26.3 Å². The topological polar surface area (TPSA) is 58.6 Å². The molecule has 1 atom stereocenters. The van der Waals surface area contributed by atoms with Crippen molar-refractivity contribution in [1.29, 1.82) is 0 Å². The fourth-order valence-corrected chi connectivity index (χ4v) is 1.83. The Morgan fingerprint density at radius 2 is 1.94 bits per heavy atom. The molecule has 0 aromatic heterocycles. The lowest BCUT2D eigenvalue weighted by Crippen LogP contribution is -2.54. The van der Waals surface area contributed by atoms with Crippen LogP contribution in [0.2, 0.25) is 0 Å². The minimum Gasteiger partial charge on any atom is -0.479 e. The maximum absolute atomic E-state index is 11.6. The van der Waals surface area contributed by atoms with Gasteiger partial charge >= 0.3 is 5.97 Å². The van der Waals surface area contributed by atoms with Crippen molar-refractivity contribution in [3.05, 3.63) is 29.8 Å². The fraction of sp³-hybridized carbons (Fsp3) is 0.500. The summed E-state index contributed by atoms with van der Waals surface area (Å²) < 4.78 is 5.08. The third-order valence-corrected chi connectivity index (χ3v) is 3.16. The molecule has 0 amide bonds. The van der Waals surface area contributed by atoms with Gasteiger partial charge in [-0.15, -0.1) is 0 Å². The van der Waals surface area contributed by atoms with Crippen LogP contribution in [0.5, 0.6) is 0 Å². The van der Waals surface area contributed by atoms with Gasteiger partial charge < -0.3 is 15.2 Å². The number of anilines is 1. The number of aryl methyl sites for hydroxylation is 1. The first kappa shape index (κ1) is 14.5. The Bertz CT molecular complexity index is 400. The van der Waals surface area contributed by atoms with Gasteiger partial charge in [0.05, 0.1) is 6.61 Å². The van der Waals surface area contributed by atoms with E-state index >= 15 is 0 Å². The van der Waals surface area contributed by atoms with Crippen LogP contribution in [0.1, 0.15) is 19.4 Å². The highest BCUT2D eigenvalue weighted by Gasteiger charge is 2.42. The second-order valence-electron chi connectivity index (χ2n) is 4.86. The monoisotopic (exact) mass is 251 g/mol. The van der Waals surface area contributed by atoms with Gasteiger partial charge in [0.2, 0.25) is 0 Å². The van der Waals surface area contributed by atoms with Crippen LogP contribution >= 0.6 is 0 Å². The third-order valence-electron chi connectivity index (χ3n) is 3.16. The summed E-state index contributed by atoms with van der Waals surface area (Å²) in [4.78, 5) is 11.6. The van der Waals surface area contributed by atoms with Crippen LogP contribution in [0.15, 0.2) is 24.3 Å². The zero-order valence-electron chi connectivity index (χ0n) is 11.4. The minimum absolute atomic E-state index is 0.101. The molecule has 0 fully saturated rings. The van der Waals surface area contributed by atoms with E-state index in [1.54, 1.807) is 0 Å². The van der Waals surface area contributed by atoms with Crippen LogP contribution in [-0.2, 0) is 9.53 Å². The smallest absolute Gasteiger partial charge is 0.332 e. The molecule has 2 N–H and O–H groups in total. The predicted octanol–water partition coefficient (Wildman–Crippen LogP) is 2.53. The van der Waals surface area contributed by atoms with Gasteiger partial charge in [-0.2, -0.15) is 0 Å². The summed E-state index contributed by atoms with van der Waals surface area (Å²) in [5.74, 6) is -1.00. The number of methoxy groups -OCH3 is 1. The summed E-state index contributed by atoms with van der Waals surface area (Å²) in [5.41, 5.74) is 0.816. The average molecular weight is 251 g/mol. The summed E-state index contributed by atoms with van der Waals surface area (Å²) in [6.07, 6.45) is 0. The van der Waals surface area contributed by atoms with Gasteiger partial charge in [-0.05, 0) is 25.0 Å². The number of carboxylic acid groups (broad SMARTS) is 1. The number of aliphatic carboxylic acids is 1. The molecule has 100 valence electrons. The van der Waals surface area contributed by atoms with Crippen molar-refractivity contribution in [2.24, 2.45) is 5.92 Å². The van der Waals surface area contributed by atoms with Gasteiger partial charge in [0.15, 0.2) is 5.54 Å². The molecule has 0 saturated carbocycles. The fourth-order valence-electron chi connectivity index (χ4n) is 1.83. The summed E-state index contributed by atoms with van der Waals surface area (Å²) in [5, 5.41) is 12.6. The SMILES string of the molecule is COCC(Nc1ccc(C)cc1)(C(=O)O)C(C)C. The largest absolute Gasteiger partial charge is 0.479 e. The van der Waals surface area contributed by atoms with E-state index in [0.717, 1.165) is 11.3 Å². The molecule has 1 aromatic carbocycles. The normalized spacial score (nSPS) is 14.3. The minimum atomic E-state index is -1.11. The first-order chi connectivity index (χ1) is 8.42. The summed E-state index contributed by atoms with van der Waals surface area (Å²) in [7, 11) is 1.51. The number of benzene rings is 1. The zero-order chi connectivity index (χ0) is 13.8. The van der Waals surface area contributed by atoms with Gasteiger partial charge in [0.1, 0.15) is 0 Å². The van der Waals surface area contributed by atoms with Gasteiger partial charge in [-0.3, -0.25) is 0 Å². The molecule has 1 rings (SSSR count). The molecule has 4 heteroatoms. The number of hydrogen-bond donors (Lipinski definition) is 2. The predicted molar refractivity (Wildman–Crippen MR) is 71.9 cm³/mol. The van der Waals surface area contributed by atoms with E-state index in [0.29, 0.717) is 0 Å². The molecule has 0 bridgehead atoms. The standard InChI is InChI=1S/C14H21NO3/c1-10(2)14(9-18-4,13(16)17)15-12-7-5-11(3)6-8-12/h5-8,10,15H,9H2,1-4H3,(H,16,17). The molecule has 18 heavy (non-hydrogen) atoms. The number of ether oxygens (including phenoxy) is 1. The molecular formula is C14H21NO3. The van der Waals surface area contributed by atoms with Gasteiger partial charge in [-0.25, -0.2) is 4.79 Å². The summed E-state index contributed by atoms with van der Waals surface area (Å²) in [6, 6.07) is 7.65. The summed E-state index contributed by atoms with van der Waals surface area (Å²) >= 11 is 0. The van der Waals surface area contributed by atoms with Crippen molar-refractivity contribution < 1.29 is 14.6 Å². The number of carboxylic acids is 1. The quantitative estimate of drug-likeness (QED) is 0.815. The molecular weight excluding hydrogens is 230 g/mol. The number of rotatable bonds is 6. The Morgan fingerprint density at radius 3 is 2.33 bits per heavy atom. The van der Waals surface area contributed by atoms with Crippen molar-refractivity contribution >= 4 is 11.7 Å². The van der Waals surface area contributed by atoms with Crippen LogP contribution in [-0.4, -0.2) is 30.3 Å². The van der Waals surface area contributed by atoms with E-state index in [-0.39, 0.29) is 12.5 Å². The van der Waals surface area contributed by atoms with Crippen molar-refractivity contribution in [1.82, 2.24) is 0 Å². The molecule has 0 aliphatic carbocycles. The second-order valence-corrected chi connectivity index (χ2v) is 4.86. The highest BCUT2D eigenvalue weighted by molar-refractivity contribution is 5.83. The van der Waals surface area contributed by atoms with Crippen LogP contribution in [0, 0.1) is 12.8 Å². The maximum Gasteiger partial charge on any atom is 0.332 e. The Kier molecular flexibility index (Phi) is 4.73. The lowest BCUT2D eigenvalue weighted by molar-refractivity contribution is -0.146. The zero-order valence-corrected chi connectivity index (χ0v) is 11.4. The van der Waals surface area contributed by atoms with Crippen molar-refractivity contribution in [2.75, 3.05) is 19.0 Å². The molecule has 0 radical (unpaired) electrons. The van der Waals surface area contributed by atoms with Crippen LogP contribution < -0.4 is 5.32 Å². The van der Waals surface area contributed by atoms with E-state index in [4.69, 9.17) is 4.74 Å². The molecule has 0 spiro atoms. The van der Waals surface area contributed by atoms with Crippen molar-refractivity contribution in [3.8, 4) is 0 Å². The maximum atomic E-state index is 11.6. The van der Waals surface area contributed by atoms with Gasteiger partial charge in [0, 0.05) is 12.8 Å². The molecule has 1 aromatic rings. The van der Waals surface area contributed by atoms with E-state index in [1.165, 1.54) is 7.11 Å². The molecule has 1 unspecified atom stereocenters. The second kappa shape index (κ2) is 5.87. The molecule has 0 saturated heterocycles. The Hall–Kier alpha value is -1.55. The summed E-state index contributed by atoms with van der Waals surface area (Å²) in [6.45, 7) is 5.85. The number of hydrogen-bond acceptors (Lipinski definition) is 3. The lowest BCUT2D eigenvalue weighted by Gasteiger charge is -2.34. The van der Waals surface area contributed by atoms with E-state index in [2.05, 4.69) is 5.32 Å². The van der Waals surface area contributed by atoms with Crippen LogP contribution in [0.4, 0.5) is 5.69 Å². The molecule has 4 nitrogen and oxygen atoms in total. The molecule has 0 aliphatic rings. The van der Waals surface area contributed by atoms with E-state index in [9.17, 15) is 9.90 Å². The Morgan fingerprint density at radius 1 is 1.39 bits per heavy atom. The number of carbonyl (C=O) groups is 1. The Labute approximate surface area is 108 Å². The molecule has 0 aliphatic heterocycles. The Balaban J connectivity index is 3.03. The van der Waals surface area contributed by atoms with Crippen molar-refractivity contribution in [3.63, 3.8) is 0 Å². The third kappa shape index (κ3) is 3.01.